The van der Waals surface area contributed by atoms with Crippen molar-refractivity contribution in [2.45, 2.75) is 24.8 Å². The van der Waals surface area contributed by atoms with E-state index >= 15 is 0 Å². The van der Waals surface area contributed by atoms with Gasteiger partial charge in [0.25, 0.3) is 0 Å². The minimum atomic E-state index is -0.145. The molecule has 0 radical (unpaired) electrons. The fourth-order valence-corrected chi connectivity index (χ4v) is 2.94. The van der Waals surface area contributed by atoms with E-state index in [-0.39, 0.29) is 17.9 Å². The number of amides is 1. The van der Waals surface area contributed by atoms with E-state index in [1.807, 2.05) is 29.2 Å². The number of nitrogens with two attached hydrogens (primary N) is 1. The van der Waals surface area contributed by atoms with Gasteiger partial charge in [0, 0.05) is 24.7 Å². The zero-order chi connectivity index (χ0) is 12.5. The lowest BCUT2D eigenvalue weighted by molar-refractivity contribution is -0.133. The Hall–Kier alpha value is -1.55. The molecular weight excluding hydrogens is 228 g/mol. The first-order valence-electron chi connectivity index (χ1n) is 6.53. The van der Waals surface area contributed by atoms with Crippen molar-refractivity contribution in [2.24, 2.45) is 5.73 Å². The van der Waals surface area contributed by atoms with Gasteiger partial charge in [0.2, 0.25) is 5.91 Å². The molecule has 18 heavy (non-hydrogen) atoms. The average molecular weight is 246 g/mol. The van der Waals surface area contributed by atoms with Crippen LogP contribution in [0.2, 0.25) is 0 Å². The standard InChI is InChI=1S/C14H18N2O2/c15-8-10-4-3-7-16(10)14(17)12-9-18-13-6-2-1-5-11(12)13/h1-2,5-6,10,12H,3-4,7-9,15H2/t10-,12+/m0/s1. The zero-order valence-corrected chi connectivity index (χ0v) is 10.3. The van der Waals surface area contributed by atoms with Gasteiger partial charge in [0.15, 0.2) is 0 Å². The zero-order valence-electron chi connectivity index (χ0n) is 10.3. The number of rotatable bonds is 2. The highest BCUT2D eigenvalue weighted by molar-refractivity contribution is 5.86. The van der Waals surface area contributed by atoms with Gasteiger partial charge >= 0.3 is 0 Å². The first-order chi connectivity index (χ1) is 8.81. The summed E-state index contributed by atoms with van der Waals surface area (Å²) in [6.45, 7) is 1.85. The van der Waals surface area contributed by atoms with E-state index in [0.29, 0.717) is 13.2 Å². The summed E-state index contributed by atoms with van der Waals surface area (Å²) in [5.74, 6) is 0.876. The summed E-state index contributed by atoms with van der Waals surface area (Å²) in [5, 5.41) is 0. The average Bonchev–Trinajstić information content (AvgIpc) is 3.04. The van der Waals surface area contributed by atoms with Crippen LogP contribution in [0.4, 0.5) is 0 Å². The van der Waals surface area contributed by atoms with E-state index < -0.39 is 0 Å². The second kappa shape index (κ2) is 4.61. The van der Waals surface area contributed by atoms with Crippen molar-refractivity contribution < 1.29 is 9.53 Å². The van der Waals surface area contributed by atoms with E-state index in [4.69, 9.17) is 10.5 Å². The van der Waals surface area contributed by atoms with Gasteiger partial charge in [-0.1, -0.05) is 18.2 Å². The van der Waals surface area contributed by atoms with Crippen LogP contribution in [0.3, 0.4) is 0 Å². The summed E-state index contributed by atoms with van der Waals surface area (Å²) in [5.41, 5.74) is 6.75. The summed E-state index contributed by atoms with van der Waals surface area (Å²) in [6.07, 6.45) is 2.08. The van der Waals surface area contributed by atoms with Crippen LogP contribution in [0.5, 0.6) is 5.75 Å². The minimum Gasteiger partial charge on any atom is -0.492 e. The van der Waals surface area contributed by atoms with Crippen LogP contribution in [0.1, 0.15) is 24.3 Å². The molecule has 0 saturated carbocycles. The van der Waals surface area contributed by atoms with Crippen molar-refractivity contribution in [3.63, 3.8) is 0 Å². The number of hydrogen-bond donors (Lipinski definition) is 1. The normalized spacial score (nSPS) is 25.9. The molecular formula is C14H18N2O2. The number of carbonyl (C=O) groups is 1. The van der Waals surface area contributed by atoms with Crippen molar-refractivity contribution in [1.82, 2.24) is 4.90 Å². The maximum atomic E-state index is 12.6. The molecule has 4 nitrogen and oxygen atoms in total. The van der Waals surface area contributed by atoms with Gasteiger partial charge in [0.1, 0.15) is 18.3 Å². The lowest BCUT2D eigenvalue weighted by atomic mass is 9.99. The van der Waals surface area contributed by atoms with Gasteiger partial charge in [-0.2, -0.15) is 0 Å². The van der Waals surface area contributed by atoms with Crippen molar-refractivity contribution in [3.8, 4) is 5.75 Å². The van der Waals surface area contributed by atoms with E-state index in [1.165, 1.54) is 0 Å². The molecule has 1 saturated heterocycles. The predicted octanol–water partition coefficient (Wildman–Crippen LogP) is 1.11. The Bertz CT molecular complexity index is 461. The van der Waals surface area contributed by atoms with E-state index in [2.05, 4.69) is 0 Å². The van der Waals surface area contributed by atoms with E-state index in [1.54, 1.807) is 0 Å². The third-order valence-corrected chi connectivity index (χ3v) is 3.93. The second-order valence-electron chi connectivity index (χ2n) is 4.96. The first-order valence-corrected chi connectivity index (χ1v) is 6.53. The van der Waals surface area contributed by atoms with Crippen LogP contribution in [-0.4, -0.2) is 36.5 Å². The number of ether oxygens (including phenoxy) is 1. The number of hydrogen-bond acceptors (Lipinski definition) is 3. The number of para-hydroxylation sites is 1. The molecule has 3 rings (SSSR count). The van der Waals surface area contributed by atoms with Crippen LogP contribution >= 0.6 is 0 Å². The molecule has 2 aliphatic heterocycles. The molecule has 1 amide bonds. The lowest BCUT2D eigenvalue weighted by Crippen LogP contribution is -2.42. The second-order valence-corrected chi connectivity index (χ2v) is 4.96. The smallest absolute Gasteiger partial charge is 0.234 e. The van der Waals surface area contributed by atoms with Gasteiger partial charge in [-0.3, -0.25) is 4.79 Å². The Morgan fingerprint density at radius 2 is 2.28 bits per heavy atom. The van der Waals surface area contributed by atoms with Crippen LogP contribution in [0, 0.1) is 0 Å². The molecule has 2 atom stereocenters. The summed E-state index contributed by atoms with van der Waals surface area (Å²) in [4.78, 5) is 14.5. The Morgan fingerprint density at radius 3 is 3.11 bits per heavy atom. The van der Waals surface area contributed by atoms with Crippen molar-refractivity contribution in [2.75, 3.05) is 19.7 Å². The molecule has 1 aromatic rings. The fraction of sp³-hybridized carbons (Fsp3) is 0.500. The number of carbonyl (C=O) groups excluding carboxylic acids is 1. The van der Waals surface area contributed by atoms with Crippen LogP contribution < -0.4 is 10.5 Å². The van der Waals surface area contributed by atoms with E-state index in [0.717, 1.165) is 30.7 Å². The van der Waals surface area contributed by atoms with Gasteiger partial charge < -0.3 is 15.4 Å². The van der Waals surface area contributed by atoms with Gasteiger partial charge in [-0.05, 0) is 18.9 Å². The van der Waals surface area contributed by atoms with Gasteiger partial charge in [-0.15, -0.1) is 0 Å². The maximum absolute atomic E-state index is 12.6. The molecule has 2 N–H and O–H groups in total. The summed E-state index contributed by atoms with van der Waals surface area (Å²) >= 11 is 0. The first kappa shape index (κ1) is 11.5. The number of nitrogens with zero attached hydrogens (tertiary/aromatic N) is 1. The van der Waals surface area contributed by atoms with Crippen LogP contribution in [0.25, 0.3) is 0 Å². The maximum Gasteiger partial charge on any atom is 0.234 e. The predicted molar refractivity (Wildman–Crippen MR) is 68.5 cm³/mol. The lowest BCUT2D eigenvalue weighted by Gasteiger charge is -2.26. The highest BCUT2D eigenvalue weighted by atomic mass is 16.5. The largest absolute Gasteiger partial charge is 0.492 e. The summed E-state index contributed by atoms with van der Waals surface area (Å²) in [7, 11) is 0. The Labute approximate surface area is 107 Å². The van der Waals surface area contributed by atoms with Crippen molar-refractivity contribution in [1.29, 1.82) is 0 Å². The summed E-state index contributed by atoms with van der Waals surface area (Å²) in [6, 6.07) is 8.01. The monoisotopic (exact) mass is 246 g/mol. The Kier molecular flexibility index (Phi) is 2.96. The quantitative estimate of drug-likeness (QED) is 0.850. The molecule has 0 aromatic heterocycles. The minimum absolute atomic E-state index is 0.145. The Morgan fingerprint density at radius 1 is 1.44 bits per heavy atom. The molecule has 96 valence electrons. The van der Waals surface area contributed by atoms with Gasteiger partial charge in [-0.25, -0.2) is 0 Å². The molecule has 1 fully saturated rings. The highest BCUT2D eigenvalue weighted by Crippen LogP contribution is 2.35. The SMILES string of the molecule is NC[C@@H]1CCCN1C(=O)[C@@H]1COc2ccccc21. The molecule has 4 heteroatoms. The topological polar surface area (TPSA) is 55.6 Å². The molecule has 2 heterocycles. The molecule has 0 aliphatic carbocycles. The Balaban J connectivity index is 1.82. The summed E-state index contributed by atoms with van der Waals surface area (Å²) < 4.78 is 5.58. The van der Waals surface area contributed by atoms with Crippen LogP contribution in [0.15, 0.2) is 24.3 Å². The molecule has 0 bridgehead atoms. The van der Waals surface area contributed by atoms with Crippen molar-refractivity contribution >= 4 is 5.91 Å². The molecule has 0 unspecified atom stereocenters. The molecule has 1 aromatic carbocycles. The third kappa shape index (κ3) is 1.77. The van der Waals surface area contributed by atoms with Gasteiger partial charge in [0.05, 0.1) is 0 Å². The number of fused-ring (bicyclic) bond motifs is 1. The molecule has 0 spiro atoms. The highest BCUT2D eigenvalue weighted by Gasteiger charge is 2.37. The number of likely N-dealkylation sites (tertiary alicyclic amines) is 1. The van der Waals surface area contributed by atoms with Crippen LogP contribution in [-0.2, 0) is 4.79 Å². The third-order valence-electron chi connectivity index (χ3n) is 3.93. The molecule has 2 aliphatic rings. The van der Waals surface area contributed by atoms with E-state index in [9.17, 15) is 4.79 Å². The van der Waals surface area contributed by atoms with Crippen molar-refractivity contribution in [3.05, 3.63) is 29.8 Å². The number of benzene rings is 1. The fourth-order valence-electron chi connectivity index (χ4n) is 2.94.